The molecule has 1 fully saturated rings. The molecule has 1 aromatic rings. The Morgan fingerprint density at radius 3 is 2.47 bits per heavy atom. The fraction of sp³-hybridized carbons (Fsp3) is 0.500. The summed E-state index contributed by atoms with van der Waals surface area (Å²) >= 11 is 0. The van der Waals surface area contributed by atoms with Gasteiger partial charge in [0.15, 0.2) is 0 Å². The van der Waals surface area contributed by atoms with Crippen LogP contribution >= 0.6 is 0 Å². The highest BCUT2D eigenvalue weighted by atomic mass is 16.4. The van der Waals surface area contributed by atoms with Crippen molar-refractivity contribution in [2.24, 2.45) is 0 Å². The number of nitrogens with zero attached hydrogens (tertiary/aromatic N) is 1. The standard InChI is InChI=1S/C12H15NO4/c1-7-6-9(8(2)17-7)10(14)13-5-4-12(13,3)11(15)16/h6H,4-5H2,1-3H3,(H,15,16). The van der Waals surface area contributed by atoms with Crippen LogP contribution in [0.4, 0.5) is 0 Å². The number of hydrogen-bond acceptors (Lipinski definition) is 3. The molecule has 1 aliphatic heterocycles. The smallest absolute Gasteiger partial charge is 0.329 e. The van der Waals surface area contributed by atoms with Crippen molar-refractivity contribution in [1.29, 1.82) is 0 Å². The van der Waals surface area contributed by atoms with E-state index in [1.165, 1.54) is 4.90 Å². The average molecular weight is 237 g/mol. The van der Waals surface area contributed by atoms with E-state index in [2.05, 4.69) is 0 Å². The van der Waals surface area contributed by atoms with Crippen LogP contribution in [0.5, 0.6) is 0 Å². The van der Waals surface area contributed by atoms with E-state index >= 15 is 0 Å². The van der Waals surface area contributed by atoms with Crippen LogP contribution < -0.4 is 0 Å². The molecule has 0 spiro atoms. The summed E-state index contributed by atoms with van der Waals surface area (Å²) in [5.41, 5.74) is -0.621. The predicted molar refractivity (Wildman–Crippen MR) is 59.9 cm³/mol. The molecule has 5 heteroatoms. The summed E-state index contributed by atoms with van der Waals surface area (Å²) in [5.74, 6) is -0.0407. The molecule has 1 N–H and O–H groups in total. The van der Waals surface area contributed by atoms with Crippen molar-refractivity contribution < 1.29 is 19.1 Å². The number of likely N-dealkylation sites (tertiary alicyclic amines) is 1. The first-order valence-corrected chi connectivity index (χ1v) is 5.48. The summed E-state index contributed by atoms with van der Waals surface area (Å²) in [6.07, 6.45) is 0.490. The summed E-state index contributed by atoms with van der Waals surface area (Å²) < 4.78 is 5.29. The molecule has 2 rings (SSSR count). The zero-order valence-corrected chi connectivity index (χ0v) is 10.1. The molecular formula is C12H15NO4. The lowest BCUT2D eigenvalue weighted by Crippen LogP contribution is -2.64. The third-order valence-electron chi connectivity index (χ3n) is 3.40. The van der Waals surface area contributed by atoms with Gasteiger partial charge in [0.05, 0.1) is 5.56 Å². The number of amides is 1. The molecule has 0 aliphatic carbocycles. The molecule has 0 aromatic carbocycles. The van der Waals surface area contributed by atoms with Crippen molar-refractivity contribution >= 4 is 11.9 Å². The van der Waals surface area contributed by atoms with Crippen LogP contribution in [0.2, 0.25) is 0 Å². The van der Waals surface area contributed by atoms with Crippen molar-refractivity contribution in [3.63, 3.8) is 0 Å². The Balaban J connectivity index is 2.28. The first-order chi connectivity index (χ1) is 7.86. The Hall–Kier alpha value is -1.78. The maximum atomic E-state index is 12.2. The number of aryl methyl sites for hydroxylation is 2. The van der Waals surface area contributed by atoms with Gasteiger partial charge in [-0.25, -0.2) is 4.79 Å². The van der Waals surface area contributed by atoms with Crippen LogP contribution in [-0.4, -0.2) is 34.0 Å². The minimum Gasteiger partial charge on any atom is -0.480 e. The van der Waals surface area contributed by atoms with E-state index in [4.69, 9.17) is 9.52 Å². The van der Waals surface area contributed by atoms with Crippen molar-refractivity contribution in [1.82, 2.24) is 4.90 Å². The van der Waals surface area contributed by atoms with E-state index in [-0.39, 0.29) is 5.91 Å². The maximum Gasteiger partial charge on any atom is 0.329 e. The minimum absolute atomic E-state index is 0.268. The third-order valence-corrected chi connectivity index (χ3v) is 3.40. The Kier molecular flexibility index (Phi) is 2.49. The maximum absolute atomic E-state index is 12.2. The molecular weight excluding hydrogens is 222 g/mol. The summed E-state index contributed by atoms with van der Waals surface area (Å²) in [6.45, 7) is 5.51. The number of carboxylic acid groups (broad SMARTS) is 1. The SMILES string of the molecule is Cc1cc(C(=O)N2CCC2(C)C(=O)O)c(C)o1. The first kappa shape index (κ1) is 11.7. The van der Waals surface area contributed by atoms with Crippen LogP contribution in [0, 0.1) is 13.8 Å². The average Bonchev–Trinajstić information content (AvgIpc) is 2.54. The van der Waals surface area contributed by atoms with Gasteiger partial charge in [0.25, 0.3) is 5.91 Å². The zero-order chi connectivity index (χ0) is 12.8. The van der Waals surface area contributed by atoms with Gasteiger partial charge < -0.3 is 14.4 Å². The summed E-state index contributed by atoms with van der Waals surface area (Å²) in [4.78, 5) is 24.7. The fourth-order valence-corrected chi connectivity index (χ4v) is 2.10. The highest BCUT2D eigenvalue weighted by Crippen LogP contribution is 2.33. The molecule has 5 nitrogen and oxygen atoms in total. The monoisotopic (exact) mass is 237 g/mol. The Bertz CT molecular complexity index is 491. The summed E-state index contributed by atoms with van der Waals surface area (Å²) in [7, 11) is 0. The van der Waals surface area contributed by atoms with Crippen molar-refractivity contribution in [3.8, 4) is 0 Å². The summed E-state index contributed by atoms with van der Waals surface area (Å²) in [6, 6.07) is 1.65. The van der Waals surface area contributed by atoms with Crippen LogP contribution in [0.25, 0.3) is 0 Å². The topological polar surface area (TPSA) is 70.8 Å². The zero-order valence-electron chi connectivity index (χ0n) is 10.1. The first-order valence-electron chi connectivity index (χ1n) is 5.48. The van der Waals surface area contributed by atoms with Gasteiger partial charge in [-0.05, 0) is 33.3 Å². The molecule has 0 radical (unpaired) electrons. The largest absolute Gasteiger partial charge is 0.480 e. The van der Waals surface area contributed by atoms with Crippen molar-refractivity contribution in [3.05, 3.63) is 23.2 Å². The Morgan fingerprint density at radius 1 is 1.47 bits per heavy atom. The van der Waals surface area contributed by atoms with E-state index < -0.39 is 11.5 Å². The predicted octanol–water partition coefficient (Wildman–Crippen LogP) is 1.59. The second-order valence-corrected chi connectivity index (χ2v) is 4.61. The van der Waals surface area contributed by atoms with E-state index in [0.29, 0.717) is 30.0 Å². The van der Waals surface area contributed by atoms with Gasteiger partial charge in [-0.1, -0.05) is 0 Å². The van der Waals surface area contributed by atoms with Crippen LogP contribution in [-0.2, 0) is 4.79 Å². The van der Waals surface area contributed by atoms with Gasteiger partial charge in [0.2, 0.25) is 0 Å². The number of rotatable bonds is 2. The van der Waals surface area contributed by atoms with Crippen molar-refractivity contribution in [2.75, 3.05) is 6.54 Å². The van der Waals surface area contributed by atoms with E-state index in [1.54, 1.807) is 26.8 Å². The number of carbonyl (C=O) groups is 2. The highest BCUT2D eigenvalue weighted by molar-refractivity contribution is 5.99. The van der Waals surface area contributed by atoms with Crippen LogP contribution in [0.1, 0.15) is 35.2 Å². The number of carbonyl (C=O) groups excluding carboxylic acids is 1. The van der Waals surface area contributed by atoms with E-state index in [0.717, 1.165) is 0 Å². The Labute approximate surface area is 99.0 Å². The lowest BCUT2D eigenvalue weighted by molar-refractivity contribution is -0.155. The molecule has 2 heterocycles. The number of hydrogen-bond donors (Lipinski definition) is 1. The number of carboxylic acids is 1. The second-order valence-electron chi connectivity index (χ2n) is 4.61. The lowest BCUT2D eigenvalue weighted by Gasteiger charge is -2.47. The molecule has 1 aromatic heterocycles. The summed E-state index contributed by atoms with van der Waals surface area (Å²) in [5, 5.41) is 9.12. The molecule has 0 bridgehead atoms. The third kappa shape index (κ3) is 1.62. The highest BCUT2D eigenvalue weighted by Gasteiger charge is 2.50. The van der Waals surface area contributed by atoms with Gasteiger partial charge in [-0.15, -0.1) is 0 Å². The molecule has 17 heavy (non-hydrogen) atoms. The van der Waals surface area contributed by atoms with E-state index in [9.17, 15) is 9.59 Å². The molecule has 92 valence electrons. The van der Waals surface area contributed by atoms with Gasteiger partial charge in [-0.3, -0.25) is 4.79 Å². The van der Waals surface area contributed by atoms with Gasteiger partial charge >= 0.3 is 5.97 Å². The number of furan rings is 1. The van der Waals surface area contributed by atoms with E-state index in [1.807, 2.05) is 0 Å². The lowest BCUT2D eigenvalue weighted by atomic mass is 9.86. The molecule has 1 atom stereocenters. The normalized spacial score (nSPS) is 23.4. The quantitative estimate of drug-likeness (QED) is 0.847. The molecule has 1 amide bonds. The fourth-order valence-electron chi connectivity index (χ4n) is 2.10. The van der Waals surface area contributed by atoms with Crippen LogP contribution in [0.3, 0.4) is 0 Å². The Morgan fingerprint density at radius 2 is 2.12 bits per heavy atom. The minimum atomic E-state index is -1.07. The number of aliphatic carboxylic acids is 1. The molecule has 1 aliphatic rings. The molecule has 0 saturated carbocycles. The van der Waals surface area contributed by atoms with Crippen LogP contribution in [0.15, 0.2) is 10.5 Å². The second kappa shape index (κ2) is 3.61. The molecule has 1 saturated heterocycles. The van der Waals surface area contributed by atoms with Crippen molar-refractivity contribution in [2.45, 2.75) is 32.7 Å². The van der Waals surface area contributed by atoms with Gasteiger partial charge in [0, 0.05) is 6.54 Å². The van der Waals surface area contributed by atoms with Gasteiger partial charge in [-0.2, -0.15) is 0 Å². The molecule has 1 unspecified atom stereocenters. The van der Waals surface area contributed by atoms with Gasteiger partial charge in [0.1, 0.15) is 17.1 Å².